The molecule has 5 rings (SSSR count). The van der Waals surface area contributed by atoms with E-state index in [1.165, 1.54) is 0 Å². The van der Waals surface area contributed by atoms with Gasteiger partial charge in [0.05, 0.1) is 23.4 Å². The lowest BCUT2D eigenvalue weighted by Gasteiger charge is -2.34. The van der Waals surface area contributed by atoms with Gasteiger partial charge in [0.2, 0.25) is 0 Å². The van der Waals surface area contributed by atoms with Gasteiger partial charge in [0.15, 0.2) is 11.5 Å². The van der Waals surface area contributed by atoms with Crippen LogP contribution in [-0.4, -0.2) is 50.1 Å². The molecule has 1 atom stereocenters. The zero-order chi connectivity index (χ0) is 21.2. The third kappa shape index (κ3) is 3.75. The Morgan fingerprint density at radius 3 is 2.68 bits per heavy atom. The molecule has 0 unspecified atom stereocenters. The average molecular weight is 435 g/mol. The number of carbonyl (C=O) groups excluding carboxylic acids is 1. The van der Waals surface area contributed by atoms with Crippen molar-refractivity contribution in [1.82, 2.24) is 25.0 Å². The molecule has 1 aliphatic heterocycles. The largest absolute Gasteiger partial charge is 0.379 e. The maximum atomic E-state index is 13.5. The number of benzene rings is 1. The van der Waals surface area contributed by atoms with Gasteiger partial charge < -0.3 is 4.74 Å². The van der Waals surface area contributed by atoms with E-state index in [0.29, 0.717) is 40.8 Å². The molecule has 0 spiro atoms. The Morgan fingerprint density at radius 2 is 1.90 bits per heavy atom. The molecule has 4 heterocycles. The molecule has 1 fully saturated rings. The molecular weight excluding hydrogens is 416 g/mol. The molecule has 1 amide bonds. The van der Waals surface area contributed by atoms with Crippen molar-refractivity contribution >= 4 is 34.5 Å². The van der Waals surface area contributed by atoms with Crippen LogP contribution in [0.25, 0.3) is 16.9 Å². The van der Waals surface area contributed by atoms with Crippen LogP contribution in [0.2, 0.25) is 5.02 Å². The summed E-state index contributed by atoms with van der Waals surface area (Å²) >= 11 is 6.40. The Hall–Kier alpha value is -3.36. The standard InChI is InChI=1S/C22H19ClN6O2/c23-18-5-1-11-24-20(18)28(17-4-3-13-31-14-17)22(30)15-7-9-16(10-8-15)29-21-19(26-27-29)6-2-12-25-21/h1-2,5-12,17H,3-4,13-14H2/t17-/m1/s1. The van der Waals surface area contributed by atoms with Gasteiger partial charge in [-0.3, -0.25) is 9.69 Å². The lowest BCUT2D eigenvalue weighted by molar-refractivity contribution is 0.0713. The van der Waals surface area contributed by atoms with Crippen molar-refractivity contribution in [3.8, 4) is 5.69 Å². The Morgan fingerprint density at radius 1 is 1.10 bits per heavy atom. The molecule has 4 aromatic rings. The topological polar surface area (TPSA) is 86.0 Å². The SMILES string of the molecule is O=C(c1ccc(-n2nnc3cccnc32)cc1)N(c1ncccc1Cl)[C@@H]1CCCOC1. The van der Waals surface area contributed by atoms with Crippen LogP contribution in [0.1, 0.15) is 23.2 Å². The normalized spacial score (nSPS) is 16.4. The highest BCUT2D eigenvalue weighted by molar-refractivity contribution is 6.33. The summed E-state index contributed by atoms with van der Waals surface area (Å²) in [5.74, 6) is 0.268. The van der Waals surface area contributed by atoms with E-state index in [-0.39, 0.29) is 11.9 Å². The lowest BCUT2D eigenvalue weighted by atomic mass is 10.1. The van der Waals surface area contributed by atoms with Crippen molar-refractivity contribution in [3.63, 3.8) is 0 Å². The van der Waals surface area contributed by atoms with E-state index in [2.05, 4.69) is 20.3 Å². The zero-order valence-corrected chi connectivity index (χ0v) is 17.3. The quantitative estimate of drug-likeness (QED) is 0.487. The van der Waals surface area contributed by atoms with E-state index in [4.69, 9.17) is 16.3 Å². The van der Waals surface area contributed by atoms with Crippen LogP contribution >= 0.6 is 11.6 Å². The molecule has 1 aliphatic rings. The highest BCUT2D eigenvalue weighted by Crippen LogP contribution is 2.29. The van der Waals surface area contributed by atoms with Gasteiger partial charge in [0.25, 0.3) is 5.91 Å². The molecule has 0 radical (unpaired) electrons. The van der Waals surface area contributed by atoms with Gasteiger partial charge in [-0.1, -0.05) is 16.8 Å². The third-order valence-corrected chi connectivity index (χ3v) is 5.55. The Labute approximate surface area is 183 Å². The maximum absolute atomic E-state index is 13.5. The number of aromatic nitrogens is 5. The molecule has 156 valence electrons. The average Bonchev–Trinajstić information content (AvgIpc) is 3.25. The fraction of sp³-hybridized carbons (Fsp3) is 0.227. The lowest BCUT2D eigenvalue weighted by Crippen LogP contribution is -2.45. The van der Waals surface area contributed by atoms with Crippen molar-refractivity contribution in [2.45, 2.75) is 18.9 Å². The summed E-state index contributed by atoms with van der Waals surface area (Å²) in [6.07, 6.45) is 5.04. The number of anilines is 1. The number of hydrogen-bond acceptors (Lipinski definition) is 6. The molecular formula is C22H19ClN6O2. The first-order valence-corrected chi connectivity index (χ1v) is 10.4. The van der Waals surface area contributed by atoms with Crippen molar-refractivity contribution in [3.05, 3.63) is 71.5 Å². The maximum Gasteiger partial charge on any atom is 0.259 e. The first-order chi connectivity index (χ1) is 15.2. The second kappa shape index (κ2) is 8.41. The Bertz CT molecular complexity index is 1220. The number of pyridine rings is 2. The minimum atomic E-state index is -0.177. The molecule has 8 nitrogen and oxygen atoms in total. The second-order valence-electron chi connectivity index (χ2n) is 7.25. The second-order valence-corrected chi connectivity index (χ2v) is 7.66. The van der Waals surface area contributed by atoms with Crippen LogP contribution in [-0.2, 0) is 4.74 Å². The summed E-state index contributed by atoms with van der Waals surface area (Å²) in [6.45, 7) is 1.15. The predicted molar refractivity (Wildman–Crippen MR) is 117 cm³/mol. The van der Waals surface area contributed by atoms with Crippen molar-refractivity contribution < 1.29 is 9.53 Å². The summed E-state index contributed by atoms with van der Waals surface area (Å²) in [7, 11) is 0. The van der Waals surface area contributed by atoms with Crippen molar-refractivity contribution in [2.24, 2.45) is 0 Å². The van der Waals surface area contributed by atoms with Crippen LogP contribution in [0.4, 0.5) is 5.82 Å². The van der Waals surface area contributed by atoms with Gasteiger partial charge in [-0.15, -0.1) is 5.10 Å². The Balaban J connectivity index is 1.48. The minimum absolute atomic E-state index is 0.128. The summed E-state index contributed by atoms with van der Waals surface area (Å²) < 4.78 is 7.27. The molecule has 0 N–H and O–H groups in total. The molecule has 0 aliphatic carbocycles. The van der Waals surface area contributed by atoms with Gasteiger partial charge in [0, 0.05) is 24.6 Å². The van der Waals surface area contributed by atoms with Crippen LogP contribution in [0, 0.1) is 0 Å². The highest BCUT2D eigenvalue weighted by atomic mass is 35.5. The van der Waals surface area contributed by atoms with Gasteiger partial charge in [-0.2, -0.15) is 4.68 Å². The number of fused-ring (bicyclic) bond motifs is 1. The number of hydrogen-bond donors (Lipinski definition) is 0. The third-order valence-electron chi connectivity index (χ3n) is 5.25. The van der Waals surface area contributed by atoms with Crippen molar-refractivity contribution in [1.29, 1.82) is 0 Å². The van der Waals surface area contributed by atoms with Crippen LogP contribution in [0.15, 0.2) is 60.9 Å². The van der Waals surface area contributed by atoms with Crippen LogP contribution in [0.5, 0.6) is 0 Å². The fourth-order valence-corrected chi connectivity index (χ4v) is 3.95. The fourth-order valence-electron chi connectivity index (χ4n) is 3.74. The summed E-state index contributed by atoms with van der Waals surface area (Å²) in [5.41, 5.74) is 2.65. The van der Waals surface area contributed by atoms with Gasteiger partial charge in [0.1, 0.15) is 5.52 Å². The van der Waals surface area contributed by atoms with E-state index in [0.717, 1.165) is 18.5 Å². The molecule has 1 saturated heterocycles. The van der Waals surface area contributed by atoms with E-state index in [9.17, 15) is 4.79 Å². The van der Waals surface area contributed by atoms with Crippen LogP contribution < -0.4 is 4.90 Å². The zero-order valence-electron chi connectivity index (χ0n) is 16.6. The number of carbonyl (C=O) groups is 1. The summed E-state index contributed by atoms with van der Waals surface area (Å²) in [5, 5.41) is 8.73. The number of halogens is 1. The highest BCUT2D eigenvalue weighted by Gasteiger charge is 2.30. The summed E-state index contributed by atoms with van der Waals surface area (Å²) in [6, 6.07) is 14.2. The smallest absolute Gasteiger partial charge is 0.259 e. The van der Waals surface area contributed by atoms with Gasteiger partial charge >= 0.3 is 0 Å². The molecule has 0 bridgehead atoms. The van der Waals surface area contributed by atoms with Crippen LogP contribution in [0.3, 0.4) is 0 Å². The van der Waals surface area contributed by atoms with E-state index < -0.39 is 0 Å². The molecule has 1 aromatic carbocycles. The number of amides is 1. The van der Waals surface area contributed by atoms with Gasteiger partial charge in [-0.25, -0.2) is 9.97 Å². The molecule has 3 aromatic heterocycles. The van der Waals surface area contributed by atoms with Crippen molar-refractivity contribution in [2.75, 3.05) is 18.1 Å². The Kier molecular flexibility index (Phi) is 5.31. The van der Waals surface area contributed by atoms with Gasteiger partial charge in [-0.05, 0) is 61.4 Å². The minimum Gasteiger partial charge on any atom is -0.379 e. The summed E-state index contributed by atoms with van der Waals surface area (Å²) in [4.78, 5) is 23.9. The predicted octanol–water partition coefficient (Wildman–Crippen LogP) is 3.69. The first-order valence-electron chi connectivity index (χ1n) is 10.0. The molecule has 9 heteroatoms. The monoisotopic (exact) mass is 434 g/mol. The number of ether oxygens (including phenoxy) is 1. The first kappa shape index (κ1) is 19.6. The van der Waals surface area contributed by atoms with E-state index in [1.807, 2.05) is 24.3 Å². The number of nitrogens with zero attached hydrogens (tertiary/aromatic N) is 6. The molecule has 31 heavy (non-hydrogen) atoms. The number of rotatable bonds is 4. The molecule has 0 saturated carbocycles. The van der Waals surface area contributed by atoms with E-state index in [1.54, 1.807) is 46.2 Å². The van der Waals surface area contributed by atoms with E-state index >= 15 is 0 Å².